The fourth-order valence-corrected chi connectivity index (χ4v) is 5.73. The molecule has 0 N–H and O–H groups in total. The normalized spacial score (nSPS) is 18.5. The van der Waals surface area contributed by atoms with E-state index >= 15 is 0 Å². The highest BCUT2D eigenvalue weighted by Gasteiger charge is 2.42. The first-order valence-corrected chi connectivity index (χ1v) is 12.4. The highest BCUT2D eigenvalue weighted by molar-refractivity contribution is 6.32. The van der Waals surface area contributed by atoms with Crippen LogP contribution in [0.25, 0.3) is 0 Å². The molecule has 198 valence electrons. The van der Waals surface area contributed by atoms with E-state index in [2.05, 4.69) is 0 Å². The monoisotopic (exact) mass is 546 g/mol. The minimum absolute atomic E-state index is 0.0143. The summed E-state index contributed by atoms with van der Waals surface area (Å²) >= 11 is 6.50. The van der Waals surface area contributed by atoms with Crippen LogP contribution < -0.4 is 4.74 Å². The molecule has 11 heteroatoms. The minimum atomic E-state index is -4.76. The number of ether oxygens (including phenoxy) is 1. The summed E-state index contributed by atoms with van der Waals surface area (Å²) in [5.74, 6) is -1.06. The Morgan fingerprint density at radius 3 is 2.05 bits per heavy atom. The van der Waals surface area contributed by atoms with Crippen molar-refractivity contribution in [2.45, 2.75) is 50.6 Å². The molecule has 0 unspecified atom stereocenters. The second-order valence-corrected chi connectivity index (χ2v) is 9.90. The Labute approximate surface area is 220 Å². The lowest BCUT2D eigenvalue weighted by Crippen LogP contribution is -2.37. The smallest absolute Gasteiger partial charge is 0.416 e. The average molecular weight is 547 g/mol. The van der Waals surface area contributed by atoms with E-state index in [0.29, 0.717) is 54.5 Å². The molecule has 0 amide bonds. The maximum atomic E-state index is 13.1. The molecule has 0 spiro atoms. The van der Waals surface area contributed by atoms with Gasteiger partial charge in [0.15, 0.2) is 11.6 Å². The van der Waals surface area contributed by atoms with Crippen molar-refractivity contribution in [2.24, 2.45) is 0 Å². The highest BCUT2D eigenvalue weighted by Crippen LogP contribution is 2.49. The second kappa shape index (κ2) is 9.58. The standard InChI is InChI=1S/C27H22ClF3N2O5/c1-32-17-4-2-6-20(34)25(17)24(26-18(32)5-3-7-21(26)35)14-8-10-22(16(28)12-14)38-23-11-9-15(27(29,30)31)13-19(23)33(36)37/h8-13,24H,2-7H2,1H3. The molecule has 2 aromatic rings. The molecule has 2 aliphatic carbocycles. The molecule has 0 saturated heterocycles. The molecule has 5 rings (SSSR count). The maximum Gasteiger partial charge on any atom is 0.416 e. The van der Waals surface area contributed by atoms with E-state index in [0.717, 1.165) is 30.3 Å². The van der Waals surface area contributed by atoms with Gasteiger partial charge in [0.2, 0.25) is 5.75 Å². The van der Waals surface area contributed by atoms with Crippen molar-refractivity contribution in [3.63, 3.8) is 0 Å². The number of halogens is 4. The summed E-state index contributed by atoms with van der Waals surface area (Å²) in [6.45, 7) is 0. The maximum absolute atomic E-state index is 13.1. The lowest BCUT2D eigenvalue weighted by Gasteiger charge is -2.42. The van der Waals surface area contributed by atoms with Crippen LogP contribution in [0, 0.1) is 10.1 Å². The number of hydrogen-bond donors (Lipinski definition) is 0. The third kappa shape index (κ3) is 4.47. The SMILES string of the molecule is CN1C2=C(C(=O)CCC2)C(c2ccc(Oc3ccc(C(F)(F)F)cc3[N+](=O)[O-])c(Cl)c2)C2=C1CCCC2=O. The summed E-state index contributed by atoms with van der Waals surface area (Å²) in [7, 11) is 1.89. The van der Waals surface area contributed by atoms with Crippen LogP contribution in [0.2, 0.25) is 5.02 Å². The van der Waals surface area contributed by atoms with Crippen molar-refractivity contribution in [1.82, 2.24) is 4.90 Å². The van der Waals surface area contributed by atoms with Gasteiger partial charge in [-0.1, -0.05) is 17.7 Å². The van der Waals surface area contributed by atoms with Crippen molar-refractivity contribution in [2.75, 3.05) is 7.05 Å². The number of rotatable bonds is 4. The zero-order valence-corrected chi connectivity index (χ0v) is 21.0. The Kier molecular flexibility index (Phi) is 6.54. The first kappa shape index (κ1) is 26.0. The zero-order chi connectivity index (χ0) is 27.4. The fraction of sp³-hybridized carbons (Fsp3) is 0.333. The molecule has 38 heavy (non-hydrogen) atoms. The van der Waals surface area contributed by atoms with Crippen LogP contribution in [0.5, 0.6) is 11.5 Å². The van der Waals surface area contributed by atoms with E-state index in [1.54, 1.807) is 12.1 Å². The lowest BCUT2D eigenvalue weighted by atomic mass is 9.71. The van der Waals surface area contributed by atoms with Crippen molar-refractivity contribution in [3.05, 3.63) is 85.2 Å². The van der Waals surface area contributed by atoms with Crippen molar-refractivity contribution in [1.29, 1.82) is 0 Å². The number of carbonyl (C=O) groups excluding carboxylic acids is 2. The molecule has 0 radical (unpaired) electrons. The van der Waals surface area contributed by atoms with Crippen LogP contribution in [0.1, 0.15) is 55.6 Å². The van der Waals surface area contributed by atoms with Gasteiger partial charge in [0.1, 0.15) is 5.75 Å². The van der Waals surface area contributed by atoms with Gasteiger partial charge in [-0.25, -0.2) is 0 Å². The minimum Gasteiger partial charge on any atom is -0.449 e. The summed E-state index contributed by atoms with van der Waals surface area (Å²) < 4.78 is 44.7. The molecule has 1 aliphatic heterocycles. The number of Topliss-reactive ketones (excluding diaryl/α,β-unsaturated/α-hetero) is 2. The van der Waals surface area contributed by atoms with Crippen LogP contribution in [0.3, 0.4) is 0 Å². The Balaban J connectivity index is 1.55. The number of ketones is 2. The van der Waals surface area contributed by atoms with Gasteiger partial charge >= 0.3 is 11.9 Å². The molecule has 7 nitrogen and oxygen atoms in total. The van der Waals surface area contributed by atoms with E-state index in [1.807, 2.05) is 11.9 Å². The summed E-state index contributed by atoms with van der Waals surface area (Å²) in [4.78, 5) is 38.7. The largest absolute Gasteiger partial charge is 0.449 e. The molecule has 2 aromatic carbocycles. The Morgan fingerprint density at radius 1 is 0.947 bits per heavy atom. The number of nitro groups is 1. The van der Waals surface area contributed by atoms with Crippen molar-refractivity contribution < 1.29 is 32.4 Å². The Hall–Kier alpha value is -3.66. The summed E-state index contributed by atoms with van der Waals surface area (Å²) in [6, 6.07) is 6.58. The molecule has 0 atom stereocenters. The van der Waals surface area contributed by atoms with E-state index in [4.69, 9.17) is 16.3 Å². The number of nitro benzene ring substituents is 1. The van der Waals surface area contributed by atoms with Gasteiger partial charge in [-0.15, -0.1) is 0 Å². The topological polar surface area (TPSA) is 89.8 Å². The van der Waals surface area contributed by atoms with Gasteiger partial charge in [-0.3, -0.25) is 19.7 Å². The van der Waals surface area contributed by atoms with Crippen molar-refractivity contribution in [3.8, 4) is 11.5 Å². The molecule has 1 heterocycles. The first-order valence-electron chi connectivity index (χ1n) is 12.1. The van der Waals surface area contributed by atoms with Crippen molar-refractivity contribution >= 4 is 28.9 Å². The molecular weight excluding hydrogens is 525 g/mol. The van der Waals surface area contributed by atoms with Crippen LogP contribution in [0.4, 0.5) is 18.9 Å². The molecule has 0 aromatic heterocycles. The Morgan fingerprint density at radius 2 is 1.53 bits per heavy atom. The molecule has 0 saturated carbocycles. The summed E-state index contributed by atoms with van der Waals surface area (Å²) in [6.07, 6.45) is -1.11. The van der Waals surface area contributed by atoms with Gasteiger partial charge in [0.05, 0.1) is 15.5 Å². The van der Waals surface area contributed by atoms with E-state index < -0.39 is 34.0 Å². The number of allylic oxidation sites excluding steroid dienone is 4. The van der Waals surface area contributed by atoms with Gasteiger partial charge in [0, 0.05) is 54.4 Å². The predicted octanol–water partition coefficient (Wildman–Crippen LogP) is 7.10. The Bertz CT molecular complexity index is 1400. The molecular formula is C27H22ClF3N2O5. The van der Waals surface area contributed by atoms with Crippen LogP contribution >= 0.6 is 11.6 Å². The average Bonchev–Trinajstić information content (AvgIpc) is 2.86. The van der Waals surface area contributed by atoms with Gasteiger partial charge < -0.3 is 9.64 Å². The van der Waals surface area contributed by atoms with E-state index in [-0.39, 0.29) is 22.3 Å². The highest BCUT2D eigenvalue weighted by atomic mass is 35.5. The molecule has 0 fully saturated rings. The second-order valence-electron chi connectivity index (χ2n) is 9.50. The van der Waals surface area contributed by atoms with Crippen LogP contribution in [-0.2, 0) is 15.8 Å². The van der Waals surface area contributed by atoms with Gasteiger partial charge in [-0.2, -0.15) is 13.2 Å². The number of benzene rings is 2. The number of hydrogen-bond acceptors (Lipinski definition) is 6. The summed E-state index contributed by atoms with van der Waals surface area (Å²) in [5, 5.41) is 11.5. The first-order chi connectivity index (χ1) is 18.0. The van der Waals surface area contributed by atoms with E-state index in [1.165, 1.54) is 6.07 Å². The molecule has 3 aliphatic rings. The number of alkyl halides is 3. The predicted molar refractivity (Wildman–Crippen MR) is 132 cm³/mol. The number of nitrogens with zero attached hydrogens (tertiary/aromatic N) is 2. The fourth-order valence-electron chi connectivity index (χ4n) is 5.51. The van der Waals surface area contributed by atoms with Gasteiger partial charge in [0.25, 0.3) is 0 Å². The van der Waals surface area contributed by atoms with Crippen LogP contribution in [-0.4, -0.2) is 28.4 Å². The van der Waals surface area contributed by atoms with E-state index in [9.17, 15) is 32.9 Å². The molecule has 0 bridgehead atoms. The zero-order valence-electron chi connectivity index (χ0n) is 20.2. The third-order valence-electron chi connectivity index (χ3n) is 7.24. The quantitative estimate of drug-likeness (QED) is 0.300. The van der Waals surface area contributed by atoms with Crippen LogP contribution in [0.15, 0.2) is 58.9 Å². The summed E-state index contributed by atoms with van der Waals surface area (Å²) in [5.41, 5.74) is 1.52. The van der Waals surface area contributed by atoms with Gasteiger partial charge in [-0.05, 0) is 55.5 Å². The number of carbonyl (C=O) groups is 2. The third-order valence-corrected chi connectivity index (χ3v) is 7.53. The lowest BCUT2D eigenvalue weighted by molar-refractivity contribution is -0.385.